The van der Waals surface area contributed by atoms with Gasteiger partial charge in [0.15, 0.2) is 5.82 Å². The summed E-state index contributed by atoms with van der Waals surface area (Å²) in [7, 11) is 0. The molecule has 136 valence electrons. The number of benzene rings is 1. The van der Waals surface area contributed by atoms with E-state index < -0.39 is 5.54 Å². The molecule has 0 spiro atoms. The first kappa shape index (κ1) is 19.2. The predicted molar refractivity (Wildman–Crippen MR) is 101 cm³/mol. The molecule has 2 rings (SSSR count). The second-order valence-corrected chi connectivity index (χ2v) is 6.88. The number of hydrogen-bond acceptors (Lipinski definition) is 6. The molecular formula is C19H23N5O2. The highest BCUT2D eigenvalue weighted by Gasteiger charge is 2.22. The van der Waals surface area contributed by atoms with E-state index in [9.17, 15) is 10.1 Å². The summed E-state index contributed by atoms with van der Waals surface area (Å²) < 4.78 is 5.74. The zero-order valence-electron chi connectivity index (χ0n) is 15.3. The molecule has 1 aromatic carbocycles. The van der Waals surface area contributed by atoms with Crippen LogP contribution in [0, 0.1) is 11.3 Å². The lowest BCUT2D eigenvalue weighted by atomic mass is 9.98. The average Bonchev–Trinajstić information content (AvgIpc) is 2.56. The molecule has 26 heavy (non-hydrogen) atoms. The van der Waals surface area contributed by atoms with Gasteiger partial charge in [-0.05, 0) is 49.6 Å². The van der Waals surface area contributed by atoms with Crippen LogP contribution in [0.1, 0.15) is 44.7 Å². The number of rotatable bonds is 5. The summed E-state index contributed by atoms with van der Waals surface area (Å²) in [5.74, 6) is 0.779. The molecule has 0 radical (unpaired) electrons. The smallest absolute Gasteiger partial charge is 0.243 e. The quantitative estimate of drug-likeness (QED) is 0.758. The molecule has 0 fully saturated rings. The maximum Gasteiger partial charge on any atom is 0.243 e. The van der Waals surface area contributed by atoms with Gasteiger partial charge in [-0.15, -0.1) is 0 Å². The molecule has 1 amide bonds. The van der Waals surface area contributed by atoms with Crippen molar-refractivity contribution in [1.29, 1.82) is 5.26 Å². The number of nitrogens with one attached hydrogen (secondary N) is 1. The Bertz CT molecular complexity index is 863. The van der Waals surface area contributed by atoms with Gasteiger partial charge in [-0.1, -0.05) is 13.8 Å². The zero-order chi connectivity index (χ0) is 19.5. The Morgan fingerprint density at radius 2 is 2.00 bits per heavy atom. The number of nitrogens with two attached hydrogens (primary N) is 2. The highest BCUT2D eigenvalue weighted by Crippen LogP contribution is 2.29. The fourth-order valence-electron chi connectivity index (χ4n) is 2.21. The number of hydrogen-bond donors (Lipinski definition) is 3. The molecule has 0 atom stereocenters. The number of anilines is 2. The fraction of sp³-hybridized carbons (Fsp3) is 0.316. The van der Waals surface area contributed by atoms with Gasteiger partial charge in [-0.3, -0.25) is 4.79 Å². The summed E-state index contributed by atoms with van der Waals surface area (Å²) in [4.78, 5) is 16.1. The van der Waals surface area contributed by atoms with Crippen LogP contribution in [0.4, 0.5) is 11.5 Å². The van der Waals surface area contributed by atoms with Crippen LogP contribution >= 0.6 is 0 Å². The van der Waals surface area contributed by atoms with E-state index in [1.807, 2.05) is 19.9 Å². The number of ether oxygens (including phenoxy) is 1. The van der Waals surface area contributed by atoms with E-state index in [1.165, 1.54) is 0 Å². The van der Waals surface area contributed by atoms with Gasteiger partial charge >= 0.3 is 0 Å². The Labute approximate surface area is 153 Å². The van der Waals surface area contributed by atoms with Gasteiger partial charge in [0.1, 0.15) is 5.75 Å². The molecule has 2 aromatic rings. The largest absolute Gasteiger partial charge is 0.439 e. The van der Waals surface area contributed by atoms with Crippen molar-refractivity contribution in [2.75, 3.05) is 11.1 Å². The van der Waals surface area contributed by atoms with Crippen molar-refractivity contribution in [2.45, 2.75) is 39.2 Å². The Morgan fingerprint density at radius 3 is 2.54 bits per heavy atom. The second kappa shape index (κ2) is 7.42. The first-order valence-electron chi connectivity index (χ1n) is 8.20. The summed E-state index contributed by atoms with van der Waals surface area (Å²) in [6.45, 7) is 7.21. The van der Waals surface area contributed by atoms with Gasteiger partial charge in [-0.2, -0.15) is 10.2 Å². The Balaban J connectivity index is 2.22. The Kier molecular flexibility index (Phi) is 5.48. The summed E-state index contributed by atoms with van der Waals surface area (Å²) >= 11 is 0. The van der Waals surface area contributed by atoms with E-state index in [1.54, 1.807) is 38.1 Å². The molecule has 0 aliphatic heterocycles. The van der Waals surface area contributed by atoms with Crippen LogP contribution in [0.2, 0.25) is 0 Å². The lowest BCUT2D eigenvalue weighted by molar-refractivity contribution is -0.120. The first-order chi connectivity index (χ1) is 12.1. The highest BCUT2D eigenvalue weighted by molar-refractivity contribution is 5.99. The van der Waals surface area contributed by atoms with Gasteiger partial charge in [0.05, 0.1) is 22.9 Å². The standard InChI is InChI=1S/C19H23N5O2/c1-11(2)14-9-13(6-5-12(14)10-20)26-16-8-7-15(17(21)24-16)23-18(25)19(3,4)22/h5-9,11H,22H2,1-4H3,(H2,21,24)(H,23,25). The minimum absolute atomic E-state index is 0.123. The van der Waals surface area contributed by atoms with Crippen LogP contribution in [-0.4, -0.2) is 16.4 Å². The van der Waals surface area contributed by atoms with E-state index in [0.29, 0.717) is 17.0 Å². The van der Waals surface area contributed by atoms with Crippen molar-refractivity contribution >= 4 is 17.4 Å². The summed E-state index contributed by atoms with van der Waals surface area (Å²) in [5.41, 5.74) is 12.5. The third-order valence-corrected chi connectivity index (χ3v) is 3.72. The van der Waals surface area contributed by atoms with Gasteiger partial charge in [0.2, 0.25) is 11.8 Å². The molecule has 7 heteroatoms. The molecule has 0 saturated carbocycles. The van der Waals surface area contributed by atoms with Crippen LogP contribution in [0.15, 0.2) is 30.3 Å². The Hall–Kier alpha value is -3.11. The summed E-state index contributed by atoms with van der Waals surface area (Å²) in [6, 6.07) is 10.6. The maximum atomic E-state index is 11.9. The Morgan fingerprint density at radius 1 is 1.31 bits per heavy atom. The fourth-order valence-corrected chi connectivity index (χ4v) is 2.21. The van der Waals surface area contributed by atoms with Crippen molar-refractivity contribution in [2.24, 2.45) is 5.73 Å². The van der Waals surface area contributed by atoms with Crippen LogP contribution in [0.25, 0.3) is 0 Å². The SMILES string of the molecule is CC(C)c1cc(Oc2ccc(NC(=O)C(C)(C)N)c(N)n2)ccc1C#N. The lowest BCUT2D eigenvalue weighted by Crippen LogP contribution is -2.45. The number of pyridine rings is 1. The first-order valence-corrected chi connectivity index (χ1v) is 8.20. The number of amides is 1. The molecule has 1 heterocycles. The molecular weight excluding hydrogens is 330 g/mol. The number of nitriles is 1. The summed E-state index contributed by atoms with van der Waals surface area (Å²) in [6.07, 6.45) is 0. The number of carbonyl (C=O) groups excluding carboxylic acids is 1. The molecule has 1 aromatic heterocycles. The van der Waals surface area contributed by atoms with E-state index in [-0.39, 0.29) is 23.5 Å². The van der Waals surface area contributed by atoms with E-state index in [0.717, 1.165) is 5.56 Å². The van der Waals surface area contributed by atoms with Crippen LogP contribution < -0.4 is 21.5 Å². The monoisotopic (exact) mass is 353 g/mol. The molecule has 5 N–H and O–H groups in total. The number of aromatic nitrogens is 1. The summed E-state index contributed by atoms with van der Waals surface area (Å²) in [5, 5.41) is 11.8. The third kappa shape index (κ3) is 4.49. The normalized spacial score (nSPS) is 11.1. The van der Waals surface area contributed by atoms with Gasteiger partial charge in [0, 0.05) is 6.07 Å². The minimum Gasteiger partial charge on any atom is -0.439 e. The van der Waals surface area contributed by atoms with Gasteiger partial charge in [-0.25, -0.2) is 0 Å². The molecule has 0 unspecified atom stereocenters. The van der Waals surface area contributed by atoms with Crippen molar-refractivity contribution in [1.82, 2.24) is 4.98 Å². The average molecular weight is 353 g/mol. The lowest BCUT2D eigenvalue weighted by Gasteiger charge is -2.18. The number of nitrogens with zero attached hydrogens (tertiary/aromatic N) is 2. The van der Waals surface area contributed by atoms with Gasteiger partial charge < -0.3 is 21.5 Å². The predicted octanol–water partition coefficient (Wildman–Crippen LogP) is 3.13. The van der Waals surface area contributed by atoms with Crippen LogP contribution in [0.3, 0.4) is 0 Å². The van der Waals surface area contributed by atoms with Crippen LogP contribution in [0.5, 0.6) is 11.6 Å². The molecule has 0 bridgehead atoms. The van der Waals surface area contributed by atoms with Crippen molar-refractivity contribution < 1.29 is 9.53 Å². The maximum absolute atomic E-state index is 11.9. The topological polar surface area (TPSA) is 127 Å². The molecule has 0 saturated heterocycles. The van der Waals surface area contributed by atoms with Gasteiger partial charge in [0.25, 0.3) is 0 Å². The molecule has 7 nitrogen and oxygen atoms in total. The zero-order valence-corrected chi connectivity index (χ0v) is 15.3. The highest BCUT2D eigenvalue weighted by atomic mass is 16.5. The second-order valence-electron chi connectivity index (χ2n) is 6.88. The minimum atomic E-state index is -1.03. The van der Waals surface area contributed by atoms with E-state index in [4.69, 9.17) is 16.2 Å². The van der Waals surface area contributed by atoms with Crippen molar-refractivity contribution in [3.63, 3.8) is 0 Å². The molecule has 0 aliphatic rings. The number of carbonyl (C=O) groups is 1. The third-order valence-electron chi connectivity index (χ3n) is 3.72. The molecule has 0 aliphatic carbocycles. The van der Waals surface area contributed by atoms with E-state index >= 15 is 0 Å². The van der Waals surface area contributed by atoms with Crippen molar-refractivity contribution in [3.8, 4) is 17.7 Å². The van der Waals surface area contributed by atoms with Crippen LogP contribution in [-0.2, 0) is 4.79 Å². The van der Waals surface area contributed by atoms with E-state index in [2.05, 4.69) is 16.4 Å². The number of nitrogen functional groups attached to an aromatic ring is 1. The van der Waals surface area contributed by atoms with Crippen molar-refractivity contribution in [3.05, 3.63) is 41.5 Å².